The van der Waals surface area contributed by atoms with Crippen LogP contribution < -0.4 is 5.12 Å². The number of ether oxygens (including phenoxy) is 1. The minimum atomic E-state index is -1.03. The van der Waals surface area contributed by atoms with E-state index in [1.807, 2.05) is 0 Å². The molecule has 0 saturated heterocycles. The number of benzene rings is 1. The van der Waals surface area contributed by atoms with Crippen molar-refractivity contribution in [1.29, 1.82) is 0 Å². The van der Waals surface area contributed by atoms with Crippen molar-refractivity contribution in [2.45, 2.75) is 0 Å². The van der Waals surface area contributed by atoms with Crippen molar-refractivity contribution in [2.75, 3.05) is 12.2 Å². The lowest BCUT2D eigenvalue weighted by atomic mass is 10.3. The van der Waals surface area contributed by atoms with Gasteiger partial charge in [-0.25, -0.2) is 4.79 Å². The fourth-order valence-corrected chi connectivity index (χ4v) is 0.744. The molecule has 0 bridgehead atoms. The molecule has 0 spiro atoms. The zero-order chi connectivity index (χ0) is 8.97. The summed E-state index contributed by atoms with van der Waals surface area (Å²) in [7, 11) is 1.12. The third-order valence-electron chi connectivity index (χ3n) is 1.32. The van der Waals surface area contributed by atoms with Gasteiger partial charge in [-0.05, 0) is 12.1 Å². The van der Waals surface area contributed by atoms with Gasteiger partial charge in [0.25, 0.3) is 0 Å². The third-order valence-corrected chi connectivity index (χ3v) is 1.32. The molecule has 0 atom stereocenters. The van der Waals surface area contributed by atoms with E-state index in [2.05, 4.69) is 4.74 Å². The van der Waals surface area contributed by atoms with Gasteiger partial charge < -0.3 is 4.74 Å². The normalized spacial score (nSPS) is 9.17. The molecule has 0 N–H and O–H groups in total. The maximum absolute atomic E-state index is 12.9. The van der Waals surface area contributed by atoms with Gasteiger partial charge in [-0.2, -0.15) is 0 Å². The maximum Gasteiger partial charge on any atom is 0.442 e. The van der Waals surface area contributed by atoms with Gasteiger partial charge in [-0.3, -0.25) is 0 Å². The van der Waals surface area contributed by atoms with Crippen LogP contribution in [0.3, 0.4) is 0 Å². The van der Waals surface area contributed by atoms with Crippen LogP contribution in [-0.4, -0.2) is 13.2 Å². The molecular weight excluding hydrogens is 161 g/mol. The highest BCUT2D eigenvalue weighted by molar-refractivity contribution is 5.84. The summed E-state index contributed by atoms with van der Waals surface area (Å²) < 4.78 is 17.1. The van der Waals surface area contributed by atoms with Gasteiger partial charge in [0.05, 0.1) is 12.8 Å². The summed E-state index contributed by atoms with van der Waals surface area (Å²) in [4.78, 5) is 10.6. The van der Waals surface area contributed by atoms with Crippen molar-refractivity contribution in [1.82, 2.24) is 0 Å². The second kappa shape index (κ2) is 3.71. The number of anilines is 1. The van der Waals surface area contributed by atoms with Crippen molar-refractivity contribution in [3.63, 3.8) is 0 Å². The van der Waals surface area contributed by atoms with E-state index in [0.717, 1.165) is 7.11 Å². The predicted octanol–water partition coefficient (Wildman–Crippen LogP) is 2.14. The van der Waals surface area contributed by atoms with Crippen LogP contribution >= 0.6 is 0 Å². The van der Waals surface area contributed by atoms with E-state index in [1.165, 1.54) is 12.1 Å². The van der Waals surface area contributed by atoms with Crippen LogP contribution in [0.25, 0.3) is 0 Å². The average molecular weight is 169 g/mol. The van der Waals surface area contributed by atoms with Gasteiger partial charge in [0, 0.05) is 0 Å². The molecule has 1 aromatic rings. The van der Waals surface area contributed by atoms with Crippen molar-refractivity contribution >= 4 is 11.8 Å². The molecule has 3 nitrogen and oxygen atoms in total. The third kappa shape index (κ3) is 1.72. The minimum absolute atomic E-state index is 0.0556. The molecule has 1 amide bonds. The zero-order valence-electron chi connectivity index (χ0n) is 6.53. The van der Waals surface area contributed by atoms with E-state index in [9.17, 15) is 9.28 Å². The van der Waals surface area contributed by atoms with Crippen LogP contribution in [0.1, 0.15) is 0 Å². The first-order chi connectivity index (χ1) is 5.75. The van der Waals surface area contributed by atoms with Crippen LogP contribution in [0, 0.1) is 0 Å². The molecule has 0 unspecified atom stereocenters. The topological polar surface area (TPSA) is 29.5 Å². The lowest BCUT2D eigenvalue weighted by Gasteiger charge is -2.08. The number of hydrogen-bond acceptors (Lipinski definition) is 2. The molecular formula is C8H8FNO2. The Morgan fingerprint density at radius 1 is 1.42 bits per heavy atom. The predicted molar refractivity (Wildman–Crippen MR) is 42.4 cm³/mol. The first-order valence-electron chi connectivity index (χ1n) is 3.34. The number of carbonyl (C=O) groups excluding carboxylic acids is 1. The standard InChI is InChI=1S/C8H8FNO2/c1-12-8(11)10(9)7-5-3-2-4-6-7/h2-6H,1H3. The SMILES string of the molecule is COC(=O)N(F)c1ccccc1. The van der Waals surface area contributed by atoms with E-state index in [1.54, 1.807) is 18.2 Å². The van der Waals surface area contributed by atoms with Gasteiger partial charge in [0.1, 0.15) is 0 Å². The maximum atomic E-state index is 12.9. The number of halogens is 1. The molecule has 12 heavy (non-hydrogen) atoms. The first-order valence-corrected chi connectivity index (χ1v) is 3.34. The minimum Gasteiger partial charge on any atom is -0.451 e. The van der Waals surface area contributed by atoms with Crippen molar-refractivity contribution in [3.05, 3.63) is 30.3 Å². The molecule has 0 saturated carbocycles. The van der Waals surface area contributed by atoms with Crippen molar-refractivity contribution in [2.24, 2.45) is 0 Å². The van der Waals surface area contributed by atoms with Gasteiger partial charge in [0.15, 0.2) is 0 Å². The molecule has 0 aliphatic carbocycles. The Labute approximate surface area is 69.3 Å². The molecule has 1 aromatic carbocycles. The van der Waals surface area contributed by atoms with E-state index in [-0.39, 0.29) is 10.8 Å². The Kier molecular flexibility index (Phi) is 2.63. The first kappa shape index (κ1) is 8.52. The van der Waals surface area contributed by atoms with E-state index in [4.69, 9.17) is 0 Å². The summed E-state index contributed by atoms with van der Waals surface area (Å²) in [5, 5.41) is -0.0556. The molecule has 4 heteroatoms. The Bertz CT molecular complexity index is 263. The summed E-state index contributed by atoms with van der Waals surface area (Å²) >= 11 is 0. The molecule has 64 valence electrons. The highest BCUT2D eigenvalue weighted by Gasteiger charge is 2.13. The number of methoxy groups -OCH3 is 1. The molecule has 0 fully saturated rings. The molecule has 0 aliphatic rings. The molecule has 0 heterocycles. The van der Waals surface area contributed by atoms with Gasteiger partial charge in [-0.15, -0.1) is 5.12 Å². The number of hydrogen-bond donors (Lipinski definition) is 0. The molecule has 0 aliphatic heterocycles. The number of carbonyl (C=O) groups is 1. The summed E-state index contributed by atoms with van der Waals surface area (Å²) in [6.07, 6.45) is -1.03. The Morgan fingerprint density at radius 3 is 2.50 bits per heavy atom. The van der Waals surface area contributed by atoms with Gasteiger partial charge in [0.2, 0.25) is 0 Å². The Balaban J connectivity index is 2.78. The van der Waals surface area contributed by atoms with Crippen LogP contribution in [0.4, 0.5) is 15.0 Å². The van der Waals surface area contributed by atoms with E-state index < -0.39 is 6.09 Å². The van der Waals surface area contributed by atoms with E-state index >= 15 is 0 Å². The highest BCUT2D eigenvalue weighted by atomic mass is 19.2. The number of nitrogens with zero attached hydrogens (tertiary/aromatic N) is 1. The summed E-state index contributed by atoms with van der Waals surface area (Å²) in [5.74, 6) is 0. The lowest BCUT2D eigenvalue weighted by Crippen LogP contribution is -2.21. The highest BCUT2D eigenvalue weighted by Crippen LogP contribution is 2.13. The smallest absolute Gasteiger partial charge is 0.442 e. The number of amides is 1. The number of para-hydroxylation sites is 1. The van der Waals surface area contributed by atoms with Crippen molar-refractivity contribution in [3.8, 4) is 0 Å². The zero-order valence-corrected chi connectivity index (χ0v) is 6.53. The monoisotopic (exact) mass is 169 g/mol. The number of rotatable bonds is 1. The second-order valence-corrected chi connectivity index (χ2v) is 2.09. The van der Waals surface area contributed by atoms with Gasteiger partial charge >= 0.3 is 6.09 Å². The van der Waals surface area contributed by atoms with Crippen LogP contribution in [0.5, 0.6) is 0 Å². The summed E-state index contributed by atoms with van der Waals surface area (Å²) in [5.41, 5.74) is 0.157. The van der Waals surface area contributed by atoms with Crippen molar-refractivity contribution < 1.29 is 14.0 Å². The second-order valence-electron chi connectivity index (χ2n) is 2.09. The quantitative estimate of drug-likeness (QED) is 0.603. The lowest BCUT2D eigenvalue weighted by molar-refractivity contribution is 0.164. The Morgan fingerprint density at radius 2 is 2.00 bits per heavy atom. The van der Waals surface area contributed by atoms with Crippen LogP contribution in [0.2, 0.25) is 0 Å². The van der Waals surface area contributed by atoms with E-state index in [0.29, 0.717) is 0 Å². The van der Waals surface area contributed by atoms with Crippen LogP contribution in [0.15, 0.2) is 30.3 Å². The molecule has 0 aromatic heterocycles. The largest absolute Gasteiger partial charge is 0.451 e. The molecule has 1 rings (SSSR count). The Hall–Kier alpha value is -1.58. The fourth-order valence-electron chi connectivity index (χ4n) is 0.744. The average Bonchev–Trinajstić information content (AvgIpc) is 2.17. The summed E-state index contributed by atoms with van der Waals surface area (Å²) in [6, 6.07) is 7.93. The van der Waals surface area contributed by atoms with Gasteiger partial charge in [-0.1, -0.05) is 22.7 Å². The molecule has 0 radical (unpaired) electrons. The fraction of sp³-hybridized carbons (Fsp3) is 0.125. The van der Waals surface area contributed by atoms with Crippen LogP contribution in [-0.2, 0) is 4.74 Å². The summed E-state index contributed by atoms with van der Waals surface area (Å²) in [6.45, 7) is 0.